The minimum atomic E-state index is -0.447. The summed E-state index contributed by atoms with van der Waals surface area (Å²) in [6.07, 6.45) is 0. The van der Waals surface area contributed by atoms with Crippen molar-refractivity contribution in [1.82, 2.24) is 4.98 Å². The fraction of sp³-hybridized carbons (Fsp3) is 0. The summed E-state index contributed by atoms with van der Waals surface area (Å²) in [4.78, 5) is 25.3. The van der Waals surface area contributed by atoms with E-state index in [2.05, 4.69) is 10.3 Å². The summed E-state index contributed by atoms with van der Waals surface area (Å²) in [7, 11) is 0. The zero-order chi connectivity index (χ0) is 13.1. The number of nitrogens with one attached hydrogen (secondary N) is 2. The quantitative estimate of drug-likeness (QED) is 0.890. The number of H-pyrrole nitrogens is 1. The van der Waals surface area contributed by atoms with Crippen molar-refractivity contribution in [2.75, 3.05) is 5.32 Å². The number of aromatic amines is 1. The Morgan fingerprint density at radius 1 is 1.17 bits per heavy atom. The molecule has 1 aromatic heterocycles. The van der Waals surface area contributed by atoms with Crippen LogP contribution in [-0.2, 0) is 0 Å². The SMILES string of the molecule is O=C(Nc1ccc(Cl)cc1Cl)c1cccc(=O)[nH]1. The molecule has 0 aliphatic heterocycles. The first-order chi connectivity index (χ1) is 8.56. The van der Waals surface area contributed by atoms with Crippen molar-refractivity contribution in [2.45, 2.75) is 0 Å². The zero-order valence-corrected chi connectivity index (χ0v) is 10.5. The highest BCUT2D eigenvalue weighted by Gasteiger charge is 2.09. The van der Waals surface area contributed by atoms with Gasteiger partial charge in [-0.15, -0.1) is 0 Å². The van der Waals surface area contributed by atoms with Crippen LogP contribution in [-0.4, -0.2) is 10.9 Å². The Hall–Kier alpha value is -1.78. The van der Waals surface area contributed by atoms with E-state index in [1.54, 1.807) is 12.1 Å². The lowest BCUT2D eigenvalue weighted by Crippen LogP contribution is -2.18. The first-order valence-corrected chi connectivity index (χ1v) is 5.77. The van der Waals surface area contributed by atoms with Gasteiger partial charge in [0.25, 0.3) is 5.91 Å². The highest BCUT2D eigenvalue weighted by Crippen LogP contribution is 2.25. The van der Waals surface area contributed by atoms with Gasteiger partial charge in [-0.1, -0.05) is 29.3 Å². The molecule has 0 radical (unpaired) electrons. The molecule has 0 saturated heterocycles. The molecule has 0 fully saturated rings. The van der Waals surface area contributed by atoms with Crippen LogP contribution >= 0.6 is 23.2 Å². The molecule has 6 heteroatoms. The molecule has 0 atom stereocenters. The molecule has 2 N–H and O–H groups in total. The normalized spacial score (nSPS) is 10.1. The number of carbonyl (C=O) groups is 1. The first kappa shape index (κ1) is 12.7. The molecule has 4 nitrogen and oxygen atoms in total. The number of halogens is 2. The maximum Gasteiger partial charge on any atom is 0.272 e. The molecule has 0 aliphatic carbocycles. The van der Waals surface area contributed by atoms with Gasteiger partial charge in [-0.05, 0) is 24.3 Å². The number of hydrogen-bond acceptors (Lipinski definition) is 2. The van der Waals surface area contributed by atoms with Crippen LogP contribution in [0.1, 0.15) is 10.5 Å². The third kappa shape index (κ3) is 2.91. The number of pyridine rings is 1. The second-order valence-corrected chi connectivity index (χ2v) is 4.35. The Labute approximate surface area is 113 Å². The van der Waals surface area contributed by atoms with Gasteiger partial charge in [0.05, 0.1) is 10.7 Å². The third-order valence-corrected chi connectivity index (χ3v) is 2.74. The molecule has 2 rings (SSSR count). The van der Waals surface area contributed by atoms with Crippen molar-refractivity contribution in [3.05, 3.63) is 62.5 Å². The highest BCUT2D eigenvalue weighted by atomic mass is 35.5. The Morgan fingerprint density at radius 3 is 2.61 bits per heavy atom. The average molecular weight is 283 g/mol. The lowest BCUT2D eigenvalue weighted by atomic mass is 10.3. The maximum atomic E-state index is 11.8. The Bertz CT molecular complexity index is 653. The molecule has 0 unspecified atom stereocenters. The predicted molar refractivity (Wildman–Crippen MR) is 71.5 cm³/mol. The summed E-state index contributed by atoms with van der Waals surface area (Å²) >= 11 is 11.7. The predicted octanol–water partition coefficient (Wildman–Crippen LogP) is 2.93. The van der Waals surface area contributed by atoms with Gasteiger partial charge in [0, 0.05) is 11.1 Å². The van der Waals surface area contributed by atoms with Gasteiger partial charge >= 0.3 is 0 Å². The minimum Gasteiger partial charge on any atom is -0.319 e. The largest absolute Gasteiger partial charge is 0.319 e. The molecule has 2 aromatic rings. The Balaban J connectivity index is 2.24. The van der Waals surface area contributed by atoms with Gasteiger partial charge in [0.15, 0.2) is 0 Å². The standard InChI is InChI=1S/C12H8Cl2N2O2/c13-7-4-5-9(8(14)6-7)16-12(18)10-2-1-3-11(17)15-10/h1-6H,(H,15,17)(H,16,18). The molecular weight excluding hydrogens is 275 g/mol. The monoisotopic (exact) mass is 282 g/mol. The van der Waals surface area contributed by atoms with Gasteiger partial charge in [0.2, 0.25) is 5.56 Å². The molecule has 1 heterocycles. The van der Waals surface area contributed by atoms with E-state index in [4.69, 9.17) is 23.2 Å². The van der Waals surface area contributed by atoms with Crippen molar-refractivity contribution in [2.24, 2.45) is 0 Å². The Kier molecular flexibility index (Phi) is 3.69. The molecule has 0 bridgehead atoms. The molecule has 1 amide bonds. The smallest absolute Gasteiger partial charge is 0.272 e. The van der Waals surface area contributed by atoms with E-state index in [0.29, 0.717) is 15.7 Å². The summed E-state index contributed by atoms with van der Waals surface area (Å²) in [5.41, 5.74) is 0.245. The summed E-state index contributed by atoms with van der Waals surface area (Å²) in [5, 5.41) is 3.39. The van der Waals surface area contributed by atoms with Gasteiger partial charge in [-0.3, -0.25) is 9.59 Å². The van der Waals surface area contributed by atoms with E-state index in [1.165, 1.54) is 24.3 Å². The van der Waals surface area contributed by atoms with E-state index in [0.717, 1.165) is 0 Å². The van der Waals surface area contributed by atoms with Crippen molar-refractivity contribution < 1.29 is 4.79 Å². The van der Waals surface area contributed by atoms with Crippen molar-refractivity contribution in [3.8, 4) is 0 Å². The van der Waals surface area contributed by atoms with Crippen LogP contribution in [0, 0.1) is 0 Å². The van der Waals surface area contributed by atoms with E-state index in [9.17, 15) is 9.59 Å². The molecule has 0 saturated carbocycles. The molecular formula is C12H8Cl2N2O2. The number of anilines is 1. The molecule has 0 spiro atoms. The van der Waals surface area contributed by atoms with Gasteiger partial charge in [-0.25, -0.2) is 0 Å². The van der Waals surface area contributed by atoms with Crippen molar-refractivity contribution in [3.63, 3.8) is 0 Å². The fourth-order valence-corrected chi connectivity index (χ4v) is 1.82. The van der Waals surface area contributed by atoms with Crippen LogP contribution < -0.4 is 10.9 Å². The van der Waals surface area contributed by atoms with Crippen LogP contribution in [0.5, 0.6) is 0 Å². The van der Waals surface area contributed by atoms with Crippen LogP contribution in [0.3, 0.4) is 0 Å². The highest BCUT2D eigenvalue weighted by molar-refractivity contribution is 6.36. The topological polar surface area (TPSA) is 62.0 Å². The van der Waals surface area contributed by atoms with Crippen LogP contribution in [0.4, 0.5) is 5.69 Å². The van der Waals surface area contributed by atoms with Gasteiger partial charge < -0.3 is 10.3 Å². The van der Waals surface area contributed by atoms with Crippen LogP contribution in [0.15, 0.2) is 41.2 Å². The van der Waals surface area contributed by atoms with E-state index in [-0.39, 0.29) is 11.3 Å². The first-order valence-electron chi connectivity index (χ1n) is 5.02. The second kappa shape index (κ2) is 5.25. The van der Waals surface area contributed by atoms with Crippen molar-refractivity contribution >= 4 is 34.8 Å². The number of benzene rings is 1. The van der Waals surface area contributed by atoms with E-state index in [1.807, 2.05) is 0 Å². The van der Waals surface area contributed by atoms with Crippen LogP contribution in [0.2, 0.25) is 10.0 Å². The van der Waals surface area contributed by atoms with Gasteiger partial charge in [-0.2, -0.15) is 0 Å². The van der Waals surface area contributed by atoms with Crippen molar-refractivity contribution in [1.29, 1.82) is 0 Å². The molecule has 92 valence electrons. The molecule has 18 heavy (non-hydrogen) atoms. The van der Waals surface area contributed by atoms with E-state index >= 15 is 0 Å². The number of amides is 1. The zero-order valence-electron chi connectivity index (χ0n) is 9.04. The third-order valence-electron chi connectivity index (χ3n) is 2.19. The summed E-state index contributed by atoms with van der Waals surface area (Å²) in [6.45, 7) is 0. The summed E-state index contributed by atoms with van der Waals surface area (Å²) in [5.74, 6) is -0.447. The number of hydrogen-bond donors (Lipinski definition) is 2. The van der Waals surface area contributed by atoms with Crippen LogP contribution in [0.25, 0.3) is 0 Å². The molecule has 1 aromatic carbocycles. The number of rotatable bonds is 2. The number of aromatic nitrogens is 1. The fourth-order valence-electron chi connectivity index (χ4n) is 1.36. The molecule has 0 aliphatic rings. The van der Waals surface area contributed by atoms with E-state index < -0.39 is 5.91 Å². The maximum absolute atomic E-state index is 11.8. The lowest BCUT2D eigenvalue weighted by molar-refractivity contribution is 0.102. The minimum absolute atomic E-state index is 0.161. The second-order valence-electron chi connectivity index (χ2n) is 3.51. The summed E-state index contributed by atoms with van der Waals surface area (Å²) in [6, 6.07) is 9.04. The Morgan fingerprint density at radius 2 is 1.94 bits per heavy atom. The summed E-state index contributed by atoms with van der Waals surface area (Å²) < 4.78 is 0. The van der Waals surface area contributed by atoms with Gasteiger partial charge in [0.1, 0.15) is 5.69 Å². The average Bonchev–Trinajstić information content (AvgIpc) is 2.32. The number of carbonyl (C=O) groups excluding carboxylic acids is 1. The lowest BCUT2D eigenvalue weighted by Gasteiger charge is -2.07.